The number of rotatable bonds is 15. The zero-order valence-electron chi connectivity index (χ0n) is 25.0. The fourth-order valence-electron chi connectivity index (χ4n) is 5.40. The lowest BCUT2D eigenvalue weighted by molar-refractivity contribution is -0.0448. The van der Waals surface area contributed by atoms with Crippen molar-refractivity contribution in [1.29, 1.82) is 0 Å². The molecule has 1 aliphatic heterocycles. The van der Waals surface area contributed by atoms with Crippen LogP contribution in [0.1, 0.15) is 77.2 Å². The van der Waals surface area contributed by atoms with Crippen LogP contribution in [-0.4, -0.2) is 68.3 Å². The zero-order valence-corrected chi connectivity index (χ0v) is 25.9. The molecule has 1 aromatic carbocycles. The van der Waals surface area contributed by atoms with Gasteiger partial charge in [0, 0.05) is 6.04 Å². The molecule has 0 spiro atoms. The van der Waals surface area contributed by atoms with Crippen LogP contribution < -0.4 is 15.6 Å². The van der Waals surface area contributed by atoms with Gasteiger partial charge in [-0.25, -0.2) is 14.6 Å². The average Bonchev–Trinajstić information content (AvgIpc) is 3.51. The number of unbranched alkanes of at least 4 members (excludes halogenated alkanes) is 1. The summed E-state index contributed by atoms with van der Waals surface area (Å²) >= 11 is 0. The highest BCUT2D eigenvalue weighted by Gasteiger charge is 2.55. The van der Waals surface area contributed by atoms with Crippen molar-refractivity contribution in [3.63, 3.8) is 0 Å². The molecule has 43 heavy (non-hydrogen) atoms. The van der Waals surface area contributed by atoms with Crippen molar-refractivity contribution in [3.05, 3.63) is 42.2 Å². The van der Waals surface area contributed by atoms with Crippen LogP contribution >= 0.6 is 7.75 Å². The van der Waals surface area contributed by atoms with E-state index in [1.165, 1.54) is 6.33 Å². The lowest BCUT2D eigenvalue weighted by Crippen LogP contribution is -2.43. The number of benzene rings is 1. The first-order valence-electron chi connectivity index (χ1n) is 14.9. The van der Waals surface area contributed by atoms with E-state index in [2.05, 4.69) is 38.7 Å². The van der Waals surface area contributed by atoms with E-state index >= 15 is 0 Å². The summed E-state index contributed by atoms with van der Waals surface area (Å²) in [7, 11) is -3.83. The number of aliphatic imine (C=N–C) groups is 1. The van der Waals surface area contributed by atoms with Crippen LogP contribution in [0.3, 0.4) is 0 Å². The molecule has 4 N–H and O–H groups in total. The van der Waals surface area contributed by atoms with Crippen molar-refractivity contribution < 1.29 is 28.2 Å². The summed E-state index contributed by atoms with van der Waals surface area (Å²) in [6, 6.07) is 9.76. The SMILES string of the molecule is C=N[C@]1(C)[C@H](O)[C@@H](COP(=O)(NC2CCC2)OC(CCCC)c2ccccc2)O[C@H]1n1cnc2c(OCC)nc(N)nc21. The average molecular weight is 616 g/mol. The summed E-state index contributed by atoms with van der Waals surface area (Å²) in [5, 5.41) is 14.6. The minimum Gasteiger partial charge on any atom is -0.476 e. The van der Waals surface area contributed by atoms with E-state index in [1.807, 2.05) is 37.3 Å². The van der Waals surface area contributed by atoms with E-state index in [0.717, 1.165) is 37.7 Å². The molecule has 2 unspecified atom stereocenters. The van der Waals surface area contributed by atoms with E-state index in [0.29, 0.717) is 24.2 Å². The molecule has 2 aliphatic rings. The highest BCUT2D eigenvalue weighted by atomic mass is 31.2. The Labute approximate surface area is 251 Å². The number of imidazole rings is 1. The molecule has 1 saturated heterocycles. The minimum absolute atomic E-state index is 0.000549. The molecular weight excluding hydrogens is 573 g/mol. The van der Waals surface area contributed by atoms with E-state index in [9.17, 15) is 9.67 Å². The van der Waals surface area contributed by atoms with Crippen LogP contribution in [0.25, 0.3) is 11.2 Å². The van der Waals surface area contributed by atoms with Crippen molar-refractivity contribution in [1.82, 2.24) is 24.6 Å². The van der Waals surface area contributed by atoms with Crippen molar-refractivity contribution in [2.24, 2.45) is 4.99 Å². The number of hydrogen-bond donors (Lipinski definition) is 3. The number of aliphatic hydroxyl groups is 1. The second-order valence-electron chi connectivity index (χ2n) is 11.2. The molecule has 0 amide bonds. The third-order valence-electron chi connectivity index (χ3n) is 8.15. The van der Waals surface area contributed by atoms with Gasteiger partial charge in [0.2, 0.25) is 11.8 Å². The molecule has 3 heterocycles. The van der Waals surface area contributed by atoms with Crippen LogP contribution in [0.4, 0.5) is 5.95 Å². The van der Waals surface area contributed by atoms with Crippen molar-refractivity contribution in [2.75, 3.05) is 18.9 Å². The van der Waals surface area contributed by atoms with Gasteiger partial charge in [0.25, 0.3) is 0 Å². The molecule has 5 rings (SSSR count). The quantitative estimate of drug-likeness (QED) is 0.159. The van der Waals surface area contributed by atoms with Gasteiger partial charge in [0.05, 0.1) is 25.6 Å². The summed E-state index contributed by atoms with van der Waals surface area (Å²) in [6.45, 7) is 9.53. The number of fused-ring (bicyclic) bond motifs is 1. The van der Waals surface area contributed by atoms with Crippen LogP contribution in [0, 0.1) is 0 Å². The summed E-state index contributed by atoms with van der Waals surface area (Å²) in [5.41, 5.74) is 6.40. The lowest BCUT2D eigenvalue weighted by atomic mass is 9.93. The van der Waals surface area contributed by atoms with Crippen molar-refractivity contribution >= 4 is 31.6 Å². The predicted octanol–water partition coefficient (Wildman–Crippen LogP) is 4.74. The fourth-order valence-corrected chi connectivity index (χ4v) is 7.21. The van der Waals surface area contributed by atoms with Gasteiger partial charge in [-0.15, -0.1) is 0 Å². The standard InChI is InChI=1S/C29H42N7O6P/c1-5-7-16-21(19-12-9-8-10-13-19)42-43(38,35-20-14-11-15-20)40-17-22-24(37)29(3,31-4)27(41-22)36-18-32-23-25(36)33-28(30)34-26(23)39-6-2/h8-10,12-13,18,20-22,24,27,37H,4-7,11,14-17H2,1-3H3,(H,35,38)(H2,30,33,34)/t21?,22-,24-,27-,29-,43?/m1/s1. The first-order chi connectivity index (χ1) is 20.7. The predicted molar refractivity (Wildman–Crippen MR) is 163 cm³/mol. The number of aliphatic hydroxyl groups excluding tert-OH is 1. The lowest BCUT2D eigenvalue weighted by Gasteiger charge is -2.33. The largest absolute Gasteiger partial charge is 0.476 e. The highest BCUT2D eigenvalue weighted by molar-refractivity contribution is 7.51. The Hall–Kier alpha value is -2.93. The van der Waals surface area contributed by atoms with Crippen molar-refractivity contribution in [3.8, 4) is 5.88 Å². The number of aromatic nitrogens is 4. The van der Waals surface area contributed by atoms with Crippen LogP contribution in [-0.2, 0) is 18.3 Å². The summed E-state index contributed by atoms with van der Waals surface area (Å²) in [6.07, 6.45) is 3.47. The second kappa shape index (κ2) is 13.4. The maximum Gasteiger partial charge on any atom is 0.406 e. The van der Waals surface area contributed by atoms with E-state index in [4.69, 9.17) is 24.3 Å². The first-order valence-corrected chi connectivity index (χ1v) is 16.5. The number of anilines is 1. The normalized spacial score (nSPS) is 26.2. The van der Waals surface area contributed by atoms with Crippen molar-refractivity contribution in [2.45, 2.75) is 95.4 Å². The highest BCUT2D eigenvalue weighted by Crippen LogP contribution is 2.52. The van der Waals surface area contributed by atoms with Gasteiger partial charge in [-0.3, -0.25) is 18.6 Å². The fraction of sp³-hybridized carbons (Fsp3) is 0.586. The molecule has 0 bridgehead atoms. The van der Waals surface area contributed by atoms with Crippen LogP contribution in [0.15, 0.2) is 41.7 Å². The van der Waals surface area contributed by atoms with Gasteiger partial charge in [-0.05, 0) is 45.4 Å². The molecule has 1 saturated carbocycles. The molecule has 0 radical (unpaired) electrons. The first kappa shape index (κ1) is 31.5. The summed E-state index contributed by atoms with van der Waals surface area (Å²) < 4.78 is 40.2. The number of nitrogen functional groups attached to an aromatic ring is 1. The van der Waals surface area contributed by atoms with Gasteiger partial charge in [-0.1, -0.05) is 56.5 Å². The maximum atomic E-state index is 14.3. The molecular formula is C29H42N7O6P. The Balaban J connectivity index is 1.39. The monoisotopic (exact) mass is 615 g/mol. The molecule has 1 aliphatic carbocycles. The Morgan fingerprint density at radius 2 is 2.07 bits per heavy atom. The summed E-state index contributed by atoms with van der Waals surface area (Å²) in [4.78, 5) is 17.2. The van der Waals surface area contributed by atoms with Crippen LogP contribution in [0.2, 0.25) is 0 Å². The third kappa shape index (κ3) is 6.62. The number of ether oxygens (including phenoxy) is 2. The molecule has 3 aromatic rings. The maximum absolute atomic E-state index is 14.3. The van der Waals surface area contributed by atoms with Crippen LogP contribution in [0.5, 0.6) is 5.88 Å². The topological polar surface area (TPSA) is 168 Å². The second-order valence-corrected chi connectivity index (χ2v) is 12.9. The van der Waals surface area contributed by atoms with E-state index in [1.54, 1.807) is 11.5 Å². The minimum atomic E-state index is -3.83. The van der Waals surface area contributed by atoms with Gasteiger partial charge in [-0.2, -0.15) is 9.97 Å². The molecule has 13 nitrogen and oxygen atoms in total. The smallest absolute Gasteiger partial charge is 0.406 e. The molecule has 2 aromatic heterocycles. The number of nitrogens with two attached hydrogens (primary N) is 1. The zero-order chi connectivity index (χ0) is 30.6. The number of nitrogens with one attached hydrogen (secondary N) is 1. The van der Waals surface area contributed by atoms with E-state index in [-0.39, 0.29) is 24.5 Å². The molecule has 6 atom stereocenters. The van der Waals surface area contributed by atoms with Gasteiger partial charge < -0.3 is 20.3 Å². The Morgan fingerprint density at radius 3 is 2.72 bits per heavy atom. The summed E-state index contributed by atoms with van der Waals surface area (Å²) in [5.74, 6) is 0.243. The Bertz CT molecular complexity index is 1440. The Kier molecular flexibility index (Phi) is 9.79. The van der Waals surface area contributed by atoms with Gasteiger partial charge in [0.15, 0.2) is 17.4 Å². The molecule has 234 valence electrons. The number of hydrogen-bond acceptors (Lipinski definition) is 11. The number of nitrogens with zero attached hydrogens (tertiary/aromatic N) is 5. The van der Waals surface area contributed by atoms with E-state index < -0.39 is 37.8 Å². The Morgan fingerprint density at radius 1 is 1.30 bits per heavy atom. The van der Waals surface area contributed by atoms with Gasteiger partial charge >= 0.3 is 7.75 Å². The third-order valence-corrected chi connectivity index (χ3v) is 9.85. The molecule has 2 fully saturated rings. The van der Waals surface area contributed by atoms with Gasteiger partial charge in [0.1, 0.15) is 17.7 Å². The molecule has 14 heteroatoms.